The smallest absolute Gasteiger partial charge is 0.258 e. The van der Waals surface area contributed by atoms with Crippen molar-refractivity contribution in [3.8, 4) is 23.0 Å². The van der Waals surface area contributed by atoms with Crippen molar-refractivity contribution >= 4 is 44.4 Å². The lowest BCUT2D eigenvalue weighted by atomic mass is 9.95. The van der Waals surface area contributed by atoms with Gasteiger partial charge in [-0.1, -0.05) is 178 Å². The van der Waals surface area contributed by atoms with Gasteiger partial charge in [0.15, 0.2) is 0 Å². The maximum atomic E-state index is 7.69. The average molecular weight is 948 g/mol. The molecule has 0 atom stereocenters. The van der Waals surface area contributed by atoms with E-state index in [1.54, 1.807) is 0 Å². The van der Waals surface area contributed by atoms with Crippen LogP contribution in [-0.4, -0.2) is 33.3 Å². The van der Waals surface area contributed by atoms with Crippen molar-refractivity contribution in [2.45, 2.75) is 258 Å². The summed E-state index contributed by atoms with van der Waals surface area (Å²) in [5, 5.41) is 0. The lowest BCUT2D eigenvalue weighted by Crippen LogP contribution is -2.51. The first-order chi connectivity index (χ1) is 29.6. The monoisotopic (exact) mass is 947 g/mol. The van der Waals surface area contributed by atoms with Gasteiger partial charge in [-0.2, -0.15) is 0 Å². The molecule has 4 nitrogen and oxygen atoms in total. The number of fused-ring (bicyclic) bond motifs is 2. The quantitative estimate of drug-likeness (QED) is 0.104. The first-order valence-electron chi connectivity index (χ1n) is 26.1. The largest absolute Gasteiger partial charge is 0.542 e. The topological polar surface area (TPSA) is 36.9 Å². The van der Waals surface area contributed by atoms with E-state index in [0.29, 0.717) is 66.5 Å². The summed E-state index contributed by atoms with van der Waals surface area (Å²) in [5.41, 5.74) is 14.0. The maximum Gasteiger partial charge on any atom is 0.258 e. The van der Waals surface area contributed by atoms with E-state index in [9.17, 15) is 0 Å². The van der Waals surface area contributed by atoms with Crippen LogP contribution >= 0.6 is 0 Å². The van der Waals surface area contributed by atoms with E-state index in [0.717, 1.165) is 48.7 Å². The molecule has 0 saturated carbocycles. The predicted molar refractivity (Wildman–Crippen MR) is 292 cm³/mol. The van der Waals surface area contributed by atoms with Gasteiger partial charge in [-0.25, -0.2) is 0 Å². The minimum absolute atomic E-state index is 0.479. The Kier molecular flexibility index (Phi) is 18.0. The highest BCUT2D eigenvalue weighted by Gasteiger charge is 2.51. The van der Waals surface area contributed by atoms with Crippen LogP contribution in [0.1, 0.15) is 201 Å². The van der Waals surface area contributed by atoms with Crippen LogP contribution in [0, 0.1) is 0 Å². The Morgan fingerprint density at radius 1 is 0.312 bits per heavy atom. The normalized spacial score (nSPS) is 15.2. The first-order valence-corrected chi connectivity index (χ1v) is 34.6. The minimum atomic E-state index is -2.26. The molecule has 4 rings (SSSR count). The van der Waals surface area contributed by atoms with Crippen LogP contribution in [0.15, 0.2) is 36.4 Å². The molecule has 0 heterocycles. The second-order valence-corrected chi connectivity index (χ2v) is 45.4. The Morgan fingerprint density at radius 2 is 0.500 bits per heavy atom. The van der Waals surface area contributed by atoms with E-state index < -0.39 is 33.3 Å². The zero-order valence-electron chi connectivity index (χ0n) is 45.9. The number of rotatable bonds is 23. The second-order valence-electron chi connectivity index (χ2n) is 23.9. The summed E-state index contributed by atoms with van der Waals surface area (Å²) in [5.74, 6) is 4.35. The second kappa shape index (κ2) is 21.1. The first kappa shape index (κ1) is 54.6. The molecule has 2 aliphatic rings. The van der Waals surface area contributed by atoms with Crippen molar-refractivity contribution in [2.75, 3.05) is 0 Å². The van der Waals surface area contributed by atoms with E-state index in [2.05, 4.69) is 203 Å². The van der Waals surface area contributed by atoms with Crippen LogP contribution in [0.4, 0.5) is 0 Å². The van der Waals surface area contributed by atoms with E-state index in [1.165, 1.54) is 33.4 Å². The summed E-state index contributed by atoms with van der Waals surface area (Å²) < 4.78 is 30.5. The molecule has 2 aliphatic carbocycles. The molecule has 0 saturated heterocycles. The summed E-state index contributed by atoms with van der Waals surface area (Å²) in [7, 11) is -8.93. The van der Waals surface area contributed by atoms with Gasteiger partial charge in [0.25, 0.3) is 33.3 Å². The average Bonchev–Trinajstić information content (AvgIpc) is 3.81. The number of benzene rings is 2. The van der Waals surface area contributed by atoms with Crippen LogP contribution < -0.4 is 17.7 Å². The fourth-order valence-electron chi connectivity index (χ4n) is 14.2. The lowest BCUT2D eigenvalue weighted by Gasteiger charge is -2.44. The Morgan fingerprint density at radius 3 is 0.703 bits per heavy atom. The van der Waals surface area contributed by atoms with Crippen molar-refractivity contribution in [3.05, 3.63) is 58.7 Å². The highest BCUT2D eigenvalue weighted by molar-refractivity contribution is 6.80. The Bertz CT molecular complexity index is 1720. The molecule has 0 radical (unpaired) electrons. The lowest BCUT2D eigenvalue weighted by molar-refractivity contribution is 0.465. The van der Waals surface area contributed by atoms with Crippen molar-refractivity contribution < 1.29 is 17.7 Å². The Labute approximate surface area is 400 Å². The van der Waals surface area contributed by atoms with Gasteiger partial charge in [0.05, 0.1) is 0 Å². The third-order valence-electron chi connectivity index (χ3n) is 16.8. The van der Waals surface area contributed by atoms with Crippen molar-refractivity contribution in [3.63, 3.8) is 0 Å². The molecule has 8 heteroatoms. The summed E-state index contributed by atoms with van der Waals surface area (Å²) in [6, 6.07) is 9.21. The molecule has 0 aliphatic heterocycles. The summed E-state index contributed by atoms with van der Waals surface area (Å²) in [6.45, 7) is 57.6. The van der Waals surface area contributed by atoms with Gasteiger partial charge in [-0.15, -0.1) is 0 Å². The van der Waals surface area contributed by atoms with Crippen LogP contribution in [0.3, 0.4) is 0 Å². The zero-order valence-corrected chi connectivity index (χ0v) is 49.9. The van der Waals surface area contributed by atoms with Crippen molar-refractivity contribution in [1.82, 2.24) is 0 Å². The number of hydrogen-bond donors (Lipinski definition) is 0. The molecule has 0 unspecified atom stereocenters. The van der Waals surface area contributed by atoms with E-state index in [1.807, 2.05) is 0 Å². The molecule has 2 aromatic carbocycles. The van der Waals surface area contributed by atoms with E-state index in [4.69, 9.17) is 17.7 Å². The van der Waals surface area contributed by atoms with Crippen LogP contribution in [-0.2, 0) is 12.8 Å². The third kappa shape index (κ3) is 9.66. The predicted octanol–water partition coefficient (Wildman–Crippen LogP) is 19.3. The summed E-state index contributed by atoms with van der Waals surface area (Å²) in [4.78, 5) is 0. The van der Waals surface area contributed by atoms with Crippen LogP contribution in [0.25, 0.3) is 11.1 Å². The molecule has 0 aromatic heterocycles. The fraction of sp³-hybridized carbons (Fsp3) is 0.714. The van der Waals surface area contributed by atoms with Crippen molar-refractivity contribution in [1.29, 1.82) is 0 Å². The third-order valence-corrected chi connectivity index (χ3v) is 40.8. The molecule has 0 N–H and O–H groups in total. The standard InChI is InChI=1S/C56H98O4Si4/c1-35(2)61(36(3)4,37(5)6)57-51-31-33-53(59-63(41(13)14,42(15)16)43(17)18)55-47(27-29-49(51)55)25-26-48-28-30-50-52(58-62(38(7)8,39(9)10)40(11)12)32-34-54(56(48)50)60-64(44(19)20,45(21)22)46(23)24/h27-28,31-46H,25-26,29-30H2,1-24H3. The molecule has 2 aromatic rings. The molecule has 362 valence electrons. The molecule has 0 amide bonds. The highest BCUT2D eigenvalue weighted by Crippen LogP contribution is 2.54. The van der Waals surface area contributed by atoms with E-state index >= 15 is 0 Å². The van der Waals surface area contributed by atoms with Gasteiger partial charge in [0.2, 0.25) is 0 Å². The number of allylic oxidation sites excluding steroid dienone is 4. The van der Waals surface area contributed by atoms with Crippen molar-refractivity contribution in [2.24, 2.45) is 0 Å². The van der Waals surface area contributed by atoms with Gasteiger partial charge < -0.3 is 17.7 Å². The molecular weight excluding hydrogens is 849 g/mol. The van der Waals surface area contributed by atoms with Gasteiger partial charge in [0, 0.05) is 22.3 Å². The van der Waals surface area contributed by atoms with Gasteiger partial charge in [0.1, 0.15) is 23.0 Å². The maximum absolute atomic E-state index is 7.69. The highest BCUT2D eigenvalue weighted by atomic mass is 28.4. The SMILES string of the molecule is CC(C)[Si](Oc1ccc(O[Si](C(C)C)(C(C)C)C(C)C)c2c1CC=C2CCC1=CCc2c(O[Si](C(C)C)(C(C)C)C(C)C)ccc(O[Si](C(C)C)(C(C)C)C(C)C)c21)(C(C)C)C(C)C. The summed E-state index contributed by atoms with van der Waals surface area (Å²) >= 11 is 0. The van der Waals surface area contributed by atoms with Gasteiger partial charge >= 0.3 is 0 Å². The molecule has 0 bridgehead atoms. The molecule has 64 heavy (non-hydrogen) atoms. The van der Waals surface area contributed by atoms with Gasteiger partial charge in [-0.05, 0) is 128 Å². The Hall–Kier alpha value is -2.01. The zero-order chi connectivity index (χ0) is 48.6. The Balaban J connectivity index is 1.92. The van der Waals surface area contributed by atoms with E-state index in [-0.39, 0.29) is 0 Å². The van der Waals surface area contributed by atoms with Crippen LogP contribution in [0.2, 0.25) is 66.5 Å². The van der Waals surface area contributed by atoms with Crippen LogP contribution in [0.5, 0.6) is 23.0 Å². The van der Waals surface area contributed by atoms with Gasteiger partial charge in [-0.3, -0.25) is 0 Å². The molecule has 0 fully saturated rings. The number of hydrogen-bond acceptors (Lipinski definition) is 4. The summed E-state index contributed by atoms with van der Waals surface area (Å²) in [6.07, 6.45) is 8.68. The molecular formula is C56H98O4Si4. The fourth-order valence-corrected chi connectivity index (χ4v) is 35.3. The molecule has 0 spiro atoms. The minimum Gasteiger partial charge on any atom is -0.542 e.